The minimum atomic E-state index is -0.564. The lowest BCUT2D eigenvalue weighted by Crippen LogP contribution is -2.12. The van der Waals surface area contributed by atoms with Gasteiger partial charge in [-0.05, 0) is 48.5 Å². The summed E-state index contributed by atoms with van der Waals surface area (Å²) in [7, 11) is 1.58. The summed E-state index contributed by atoms with van der Waals surface area (Å²) in [5.41, 5.74) is 7.07. The molecule has 0 aliphatic carbocycles. The van der Waals surface area contributed by atoms with Gasteiger partial charge in [-0.2, -0.15) is 0 Å². The molecular weight excluding hydrogens is 368 g/mol. The van der Waals surface area contributed by atoms with E-state index in [-0.39, 0.29) is 5.91 Å². The second-order valence-corrected chi connectivity index (χ2v) is 6.05. The normalized spacial score (nSPS) is 10.5. The van der Waals surface area contributed by atoms with Gasteiger partial charge in [0, 0.05) is 17.3 Å². The number of ether oxygens (including phenoxy) is 2. The molecule has 0 radical (unpaired) electrons. The molecule has 0 aliphatic heterocycles. The molecule has 29 heavy (non-hydrogen) atoms. The van der Waals surface area contributed by atoms with E-state index in [9.17, 15) is 9.59 Å². The van der Waals surface area contributed by atoms with E-state index in [0.29, 0.717) is 28.5 Å². The predicted molar refractivity (Wildman–Crippen MR) is 112 cm³/mol. The molecule has 0 unspecified atom stereocenters. The summed E-state index contributed by atoms with van der Waals surface area (Å²) in [6, 6.07) is 20.9. The first-order valence-corrected chi connectivity index (χ1v) is 8.85. The number of hydrogen-bond donors (Lipinski definition) is 2. The van der Waals surface area contributed by atoms with Crippen LogP contribution in [-0.4, -0.2) is 18.9 Å². The summed E-state index contributed by atoms with van der Waals surface area (Å²) in [5, 5.41) is 2.77. The molecule has 0 bridgehead atoms. The summed E-state index contributed by atoms with van der Waals surface area (Å²) in [6.07, 6.45) is 3.12. The Morgan fingerprint density at radius 3 is 2.24 bits per heavy atom. The number of hydrogen-bond acceptors (Lipinski definition) is 4. The van der Waals surface area contributed by atoms with E-state index in [1.54, 1.807) is 61.7 Å². The molecule has 6 heteroatoms. The maximum Gasteiger partial charge on any atom is 0.252 e. The standard InChI is InChI=1S/C23H20N2O4/c1-28-20-8-4-2-6-16(20)10-15-22(26)25-17-11-13-18(14-12-17)29-21-9-5-3-7-19(21)23(24)27/h2-15H,1H3,(H2,24,27)(H,25,26)/b15-10-. The van der Waals surface area contributed by atoms with Crippen molar-refractivity contribution >= 4 is 23.6 Å². The van der Waals surface area contributed by atoms with Crippen LogP contribution in [-0.2, 0) is 4.79 Å². The average molecular weight is 388 g/mol. The van der Waals surface area contributed by atoms with Crippen molar-refractivity contribution in [1.29, 1.82) is 0 Å². The summed E-state index contributed by atoms with van der Waals surface area (Å²) >= 11 is 0. The predicted octanol–water partition coefficient (Wildman–Crippen LogP) is 4.24. The van der Waals surface area contributed by atoms with E-state index in [1.807, 2.05) is 24.3 Å². The van der Waals surface area contributed by atoms with E-state index in [0.717, 1.165) is 5.56 Å². The van der Waals surface area contributed by atoms with E-state index in [2.05, 4.69) is 5.32 Å². The van der Waals surface area contributed by atoms with Crippen LogP contribution in [0.2, 0.25) is 0 Å². The molecule has 0 saturated heterocycles. The van der Waals surface area contributed by atoms with Gasteiger partial charge in [-0.15, -0.1) is 0 Å². The average Bonchev–Trinajstić information content (AvgIpc) is 2.74. The van der Waals surface area contributed by atoms with Gasteiger partial charge in [0.2, 0.25) is 5.91 Å². The Bertz CT molecular complexity index is 1040. The molecule has 3 rings (SSSR count). The number of nitrogens with two attached hydrogens (primary N) is 1. The highest BCUT2D eigenvalue weighted by atomic mass is 16.5. The Labute approximate surface area is 168 Å². The fourth-order valence-corrected chi connectivity index (χ4v) is 2.65. The smallest absolute Gasteiger partial charge is 0.252 e. The summed E-state index contributed by atoms with van der Waals surface area (Å²) < 4.78 is 11.0. The highest BCUT2D eigenvalue weighted by Crippen LogP contribution is 2.26. The molecule has 0 fully saturated rings. The van der Waals surface area contributed by atoms with Crippen LogP contribution in [0.4, 0.5) is 5.69 Å². The van der Waals surface area contributed by atoms with E-state index in [1.165, 1.54) is 6.08 Å². The van der Waals surface area contributed by atoms with Gasteiger partial charge in [0.1, 0.15) is 17.2 Å². The Balaban J connectivity index is 1.64. The number of benzene rings is 3. The summed E-state index contributed by atoms with van der Waals surface area (Å²) in [5.74, 6) is 0.738. The maximum atomic E-state index is 12.2. The van der Waals surface area contributed by atoms with E-state index >= 15 is 0 Å². The highest BCUT2D eigenvalue weighted by molar-refractivity contribution is 6.02. The van der Waals surface area contributed by atoms with Crippen LogP contribution in [0.5, 0.6) is 17.2 Å². The third-order valence-electron chi connectivity index (χ3n) is 4.06. The minimum Gasteiger partial charge on any atom is -0.496 e. The molecule has 0 atom stereocenters. The molecule has 0 heterocycles. The Hall–Kier alpha value is -4.06. The van der Waals surface area contributed by atoms with Crippen molar-refractivity contribution in [3.05, 3.63) is 90.0 Å². The lowest BCUT2D eigenvalue weighted by atomic mass is 10.2. The zero-order chi connectivity index (χ0) is 20.6. The molecule has 6 nitrogen and oxygen atoms in total. The van der Waals surface area contributed by atoms with Gasteiger partial charge in [-0.1, -0.05) is 30.3 Å². The number of amides is 2. The molecular formula is C23H20N2O4. The van der Waals surface area contributed by atoms with Gasteiger partial charge in [0.25, 0.3) is 5.91 Å². The minimum absolute atomic E-state index is 0.274. The zero-order valence-corrected chi connectivity index (χ0v) is 15.8. The lowest BCUT2D eigenvalue weighted by molar-refractivity contribution is -0.111. The number of rotatable bonds is 7. The van der Waals surface area contributed by atoms with Crippen LogP contribution in [0.15, 0.2) is 78.9 Å². The Kier molecular flexibility index (Phi) is 6.27. The second-order valence-electron chi connectivity index (χ2n) is 6.05. The lowest BCUT2D eigenvalue weighted by Gasteiger charge is -2.10. The van der Waals surface area contributed by atoms with Gasteiger partial charge < -0.3 is 20.5 Å². The molecule has 0 spiro atoms. The third kappa shape index (κ3) is 5.23. The van der Waals surface area contributed by atoms with Crippen molar-refractivity contribution in [3.8, 4) is 17.2 Å². The fourth-order valence-electron chi connectivity index (χ4n) is 2.65. The van der Waals surface area contributed by atoms with E-state index < -0.39 is 5.91 Å². The van der Waals surface area contributed by atoms with Crippen LogP contribution < -0.4 is 20.5 Å². The Morgan fingerprint density at radius 1 is 0.897 bits per heavy atom. The van der Waals surface area contributed by atoms with Gasteiger partial charge in [0.05, 0.1) is 12.7 Å². The van der Waals surface area contributed by atoms with Gasteiger partial charge in [-0.3, -0.25) is 9.59 Å². The monoisotopic (exact) mass is 388 g/mol. The number of carbonyl (C=O) groups excluding carboxylic acids is 2. The topological polar surface area (TPSA) is 90.7 Å². The number of carbonyl (C=O) groups is 2. The SMILES string of the molecule is COc1ccccc1/C=C\C(=O)Nc1ccc(Oc2ccccc2C(N)=O)cc1. The fraction of sp³-hybridized carbons (Fsp3) is 0.0435. The van der Waals surface area contributed by atoms with Crippen molar-refractivity contribution in [2.75, 3.05) is 12.4 Å². The molecule has 146 valence electrons. The largest absolute Gasteiger partial charge is 0.496 e. The molecule has 0 aliphatic rings. The second kappa shape index (κ2) is 9.23. The van der Waals surface area contributed by atoms with Crippen molar-refractivity contribution in [2.45, 2.75) is 0 Å². The van der Waals surface area contributed by atoms with E-state index in [4.69, 9.17) is 15.2 Å². The number of primary amides is 1. The van der Waals surface area contributed by atoms with Gasteiger partial charge >= 0.3 is 0 Å². The van der Waals surface area contributed by atoms with Gasteiger partial charge in [0.15, 0.2) is 0 Å². The van der Waals surface area contributed by atoms with Crippen molar-refractivity contribution in [2.24, 2.45) is 5.73 Å². The molecule has 0 saturated carbocycles. The van der Waals surface area contributed by atoms with Crippen LogP contribution in [0.3, 0.4) is 0 Å². The molecule has 2 amide bonds. The quantitative estimate of drug-likeness (QED) is 0.593. The van der Waals surface area contributed by atoms with Crippen LogP contribution >= 0.6 is 0 Å². The van der Waals surface area contributed by atoms with Crippen molar-refractivity contribution in [1.82, 2.24) is 0 Å². The molecule has 3 aromatic carbocycles. The number of anilines is 1. The molecule has 0 aromatic heterocycles. The first-order chi connectivity index (χ1) is 14.1. The molecule has 3 N–H and O–H groups in total. The first kappa shape index (κ1) is 19.7. The van der Waals surface area contributed by atoms with Crippen molar-refractivity contribution in [3.63, 3.8) is 0 Å². The third-order valence-corrected chi connectivity index (χ3v) is 4.06. The van der Waals surface area contributed by atoms with Gasteiger partial charge in [-0.25, -0.2) is 0 Å². The summed E-state index contributed by atoms with van der Waals surface area (Å²) in [4.78, 5) is 23.6. The Morgan fingerprint density at radius 2 is 1.55 bits per heavy atom. The number of methoxy groups -OCH3 is 1. The van der Waals surface area contributed by atoms with Crippen molar-refractivity contribution < 1.29 is 19.1 Å². The zero-order valence-electron chi connectivity index (χ0n) is 15.8. The maximum absolute atomic E-state index is 12.2. The molecule has 3 aromatic rings. The highest BCUT2D eigenvalue weighted by Gasteiger charge is 2.09. The van der Waals surface area contributed by atoms with Crippen LogP contribution in [0.1, 0.15) is 15.9 Å². The first-order valence-electron chi connectivity index (χ1n) is 8.85. The number of nitrogens with one attached hydrogen (secondary N) is 1. The van der Waals surface area contributed by atoms with Crippen LogP contribution in [0, 0.1) is 0 Å². The summed E-state index contributed by atoms with van der Waals surface area (Å²) in [6.45, 7) is 0. The number of para-hydroxylation sites is 2. The van der Waals surface area contributed by atoms with Crippen LogP contribution in [0.25, 0.3) is 6.08 Å².